The van der Waals surface area contributed by atoms with Crippen molar-refractivity contribution in [1.82, 2.24) is 4.90 Å². The number of hydrogen-bond acceptors (Lipinski definition) is 3. The van der Waals surface area contributed by atoms with Crippen molar-refractivity contribution < 1.29 is 9.53 Å². The second-order valence-corrected chi connectivity index (χ2v) is 7.06. The van der Waals surface area contributed by atoms with Crippen LogP contribution < -0.4 is 9.64 Å². The quantitative estimate of drug-likeness (QED) is 0.856. The Morgan fingerprint density at radius 1 is 1.26 bits per heavy atom. The fourth-order valence-electron chi connectivity index (χ4n) is 3.64. The van der Waals surface area contributed by atoms with Gasteiger partial charge in [0.2, 0.25) is 5.91 Å². The van der Waals surface area contributed by atoms with Crippen LogP contribution in [0.5, 0.6) is 5.75 Å². The van der Waals surface area contributed by atoms with Crippen LogP contribution >= 0.6 is 0 Å². The lowest BCUT2D eigenvalue weighted by molar-refractivity contribution is -0.133. The van der Waals surface area contributed by atoms with Crippen molar-refractivity contribution in [1.29, 1.82) is 0 Å². The van der Waals surface area contributed by atoms with E-state index in [1.807, 2.05) is 25.1 Å². The summed E-state index contributed by atoms with van der Waals surface area (Å²) >= 11 is 0. The topological polar surface area (TPSA) is 32.8 Å². The molecule has 4 heteroatoms. The van der Waals surface area contributed by atoms with Gasteiger partial charge in [0.25, 0.3) is 0 Å². The van der Waals surface area contributed by atoms with Gasteiger partial charge >= 0.3 is 0 Å². The molecule has 1 heterocycles. The molecular formula is C19H28N2O2. The third-order valence-corrected chi connectivity index (χ3v) is 5.08. The van der Waals surface area contributed by atoms with Crippen molar-refractivity contribution >= 4 is 11.6 Å². The van der Waals surface area contributed by atoms with Gasteiger partial charge in [-0.2, -0.15) is 0 Å². The molecule has 0 spiro atoms. The summed E-state index contributed by atoms with van der Waals surface area (Å²) in [6, 6.07) is 6.24. The molecule has 0 atom stereocenters. The van der Waals surface area contributed by atoms with Crippen molar-refractivity contribution in [2.24, 2.45) is 5.92 Å². The molecule has 1 aliphatic carbocycles. The third kappa shape index (κ3) is 3.98. The van der Waals surface area contributed by atoms with E-state index >= 15 is 0 Å². The summed E-state index contributed by atoms with van der Waals surface area (Å²) < 4.78 is 5.84. The van der Waals surface area contributed by atoms with Crippen LogP contribution in [0.4, 0.5) is 5.69 Å². The number of amides is 1. The van der Waals surface area contributed by atoms with Crippen LogP contribution in [0.2, 0.25) is 0 Å². The number of benzene rings is 1. The average molecular weight is 316 g/mol. The average Bonchev–Trinajstić information content (AvgIpc) is 2.77. The smallest absolute Gasteiger partial charge is 0.223 e. The number of ether oxygens (including phenoxy) is 1. The highest BCUT2D eigenvalue weighted by atomic mass is 16.5. The molecular weight excluding hydrogens is 288 g/mol. The van der Waals surface area contributed by atoms with Gasteiger partial charge in [-0.1, -0.05) is 19.3 Å². The number of rotatable bonds is 3. The molecule has 0 bridgehead atoms. The van der Waals surface area contributed by atoms with Gasteiger partial charge in [-0.25, -0.2) is 0 Å². The highest BCUT2D eigenvalue weighted by Crippen LogP contribution is 2.30. The Bertz CT molecular complexity index is 550. The van der Waals surface area contributed by atoms with Gasteiger partial charge in [0.1, 0.15) is 12.4 Å². The van der Waals surface area contributed by atoms with E-state index in [0.717, 1.165) is 17.0 Å². The number of carbonyl (C=O) groups excluding carboxylic acids is 1. The van der Waals surface area contributed by atoms with Crippen molar-refractivity contribution in [3.05, 3.63) is 23.8 Å². The molecule has 1 aromatic carbocycles. The summed E-state index contributed by atoms with van der Waals surface area (Å²) in [7, 11) is 4.07. The zero-order valence-corrected chi connectivity index (χ0v) is 14.4. The SMILES string of the molecule is CN(C)c1ccc2c(c1)CN(C(=O)CC1CCCCC1)CCO2. The monoisotopic (exact) mass is 316 g/mol. The first kappa shape index (κ1) is 16.2. The molecule has 0 saturated heterocycles. The predicted octanol–water partition coefficient (Wildman–Crippen LogP) is 3.44. The van der Waals surface area contributed by atoms with Crippen LogP contribution in [0.1, 0.15) is 44.1 Å². The zero-order valence-electron chi connectivity index (χ0n) is 14.4. The molecule has 3 rings (SSSR count). The molecule has 126 valence electrons. The maximum atomic E-state index is 12.7. The fraction of sp³-hybridized carbons (Fsp3) is 0.632. The summed E-state index contributed by atoms with van der Waals surface area (Å²) in [6.07, 6.45) is 7.06. The van der Waals surface area contributed by atoms with Crippen molar-refractivity contribution in [2.75, 3.05) is 32.1 Å². The van der Waals surface area contributed by atoms with Crippen LogP contribution in [0.25, 0.3) is 0 Å². The highest BCUT2D eigenvalue weighted by molar-refractivity contribution is 5.76. The van der Waals surface area contributed by atoms with Gasteiger partial charge in [-0.05, 0) is 37.0 Å². The van der Waals surface area contributed by atoms with Crippen LogP contribution in [-0.2, 0) is 11.3 Å². The highest BCUT2D eigenvalue weighted by Gasteiger charge is 2.24. The number of carbonyl (C=O) groups is 1. The van der Waals surface area contributed by atoms with E-state index in [1.54, 1.807) is 0 Å². The first-order chi connectivity index (χ1) is 11.1. The number of anilines is 1. The lowest BCUT2D eigenvalue weighted by atomic mass is 9.86. The second-order valence-electron chi connectivity index (χ2n) is 7.06. The lowest BCUT2D eigenvalue weighted by Gasteiger charge is -2.25. The van der Waals surface area contributed by atoms with Gasteiger partial charge < -0.3 is 14.5 Å². The Labute approximate surface area is 139 Å². The number of fused-ring (bicyclic) bond motifs is 1. The van der Waals surface area contributed by atoms with E-state index in [1.165, 1.54) is 32.1 Å². The first-order valence-corrected chi connectivity index (χ1v) is 8.84. The van der Waals surface area contributed by atoms with Gasteiger partial charge in [-0.3, -0.25) is 4.79 Å². The molecule has 0 aromatic heterocycles. The molecule has 4 nitrogen and oxygen atoms in total. The number of hydrogen-bond donors (Lipinski definition) is 0. The maximum absolute atomic E-state index is 12.7. The van der Waals surface area contributed by atoms with E-state index in [0.29, 0.717) is 37.9 Å². The van der Waals surface area contributed by atoms with Crippen LogP contribution in [-0.4, -0.2) is 38.1 Å². The molecule has 23 heavy (non-hydrogen) atoms. The number of nitrogens with zero attached hydrogens (tertiary/aromatic N) is 2. The molecule has 2 aliphatic rings. The lowest BCUT2D eigenvalue weighted by Crippen LogP contribution is -2.34. The molecule has 1 amide bonds. The molecule has 0 unspecified atom stereocenters. The molecule has 0 radical (unpaired) electrons. The van der Waals surface area contributed by atoms with E-state index < -0.39 is 0 Å². The summed E-state index contributed by atoms with van der Waals surface area (Å²) in [6.45, 7) is 1.95. The normalized spacial score (nSPS) is 18.8. The fourth-order valence-corrected chi connectivity index (χ4v) is 3.64. The Hall–Kier alpha value is -1.71. The van der Waals surface area contributed by atoms with E-state index in [-0.39, 0.29) is 0 Å². The van der Waals surface area contributed by atoms with E-state index in [9.17, 15) is 4.79 Å². The maximum Gasteiger partial charge on any atom is 0.223 e. The van der Waals surface area contributed by atoms with Gasteiger partial charge in [-0.15, -0.1) is 0 Å². The Morgan fingerprint density at radius 2 is 2.04 bits per heavy atom. The summed E-state index contributed by atoms with van der Waals surface area (Å²) in [5.74, 6) is 1.81. The third-order valence-electron chi connectivity index (χ3n) is 5.08. The van der Waals surface area contributed by atoms with Crippen LogP contribution in [0.15, 0.2) is 18.2 Å². The minimum Gasteiger partial charge on any atom is -0.491 e. The van der Waals surface area contributed by atoms with E-state index in [2.05, 4.69) is 17.0 Å². The minimum absolute atomic E-state index is 0.295. The van der Waals surface area contributed by atoms with Crippen LogP contribution in [0.3, 0.4) is 0 Å². The molecule has 0 N–H and O–H groups in total. The van der Waals surface area contributed by atoms with Crippen molar-refractivity contribution in [3.63, 3.8) is 0 Å². The van der Waals surface area contributed by atoms with Gasteiger partial charge in [0.15, 0.2) is 0 Å². The molecule has 1 saturated carbocycles. The van der Waals surface area contributed by atoms with Crippen LogP contribution in [0, 0.1) is 5.92 Å². The summed E-state index contributed by atoms with van der Waals surface area (Å²) in [5, 5.41) is 0. The zero-order chi connectivity index (χ0) is 16.2. The van der Waals surface area contributed by atoms with Gasteiger partial charge in [0, 0.05) is 38.3 Å². The first-order valence-electron chi connectivity index (χ1n) is 8.84. The van der Waals surface area contributed by atoms with Crippen molar-refractivity contribution in [3.8, 4) is 5.75 Å². The Morgan fingerprint density at radius 3 is 2.78 bits per heavy atom. The second kappa shape index (κ2) is 7.24. The molecule has 1 aliphatic heterocycles. The summed E-state index contributed by atoms with van der Waals surface area (Å²) in [4.78, 5) is 16.8. The molecule has 1 fully saturated rings. The predicted molar refractivity (Wildman–Crippen MR) is 92.9 cm³/mol. The van der Waals surface area contributed by atoms with E-state index in [4.69, 9.17) is 4.74 Å². The molecule has 1 aromatic rings. The minimum atomic E-state index is 0.295. The standard InChI is InChI=1S/C19H28N2O2/c1-20(2)17-8-9-18-16(13-17)14-21(10-11-23-18)19(22)12-15-6-4-3-5-7-15/h8-9,13,15H,3-7,10-12,14H2,1-2H3. The van der Waals surface area contributed by atoms with Crippen molar-refractivity contribution in [2.45, 2.75) is 45.1 Å². The summed E-state index contributed by atoms with van der Waals surface area (Å²) in [5.41, 5.74) is 2.26. The largest absolute Gasteiger partial charge is 0.491 e. The Kier molecular flexibility index (Phi) is 5.09. The van der Waals surface area contributed by atoms with Gasteiger partial charge in [0.05, 0.1) is 6.54 Å². The Balaban J connectivity index is 1.69.